The van der Waals surface area contributed by atoms with Gasteiger partial charge in [0.15, 0.2) is 0 Å². The molecule has 2 aromatic rings. The molecular formula is C20H25NO2S. The summed E-state index contributed by atoms with van der Waals surface area (Å²) < 4.78 is 27.8. The Hall–Kier alpha value is -1.65. The van der Waals surface area contributed by atoms with E-state index in [-0.39, 0.29) is 11.8 Å². The SMILES string of the molecule is Cc1cccc(CS(=O)(=O)NC(C)c2ccc3c(c2)CCCC3)c1. The summed E-state index contributed by atoms with van der Waals surface area (Å²) in [5.41, 5.74) is 5.73. The number of aryl methyl sites for hydroxylation is 3. The van der Waals surface area contributed by atoms with Crippen molar-refractivity contribution >= 4 is 10.0 Å². The topological polar surface area (TPSA) is 46.2 Å². The van der Waals surface area contributed by atoms with Crippen molar-refractivity contribution in [1.82, 2.24) is 4.72 Å². The molecule has 1 atom stereocenters. The van der Waals surface area contributed by atoms with Gasteiger partial charge in [0, 0.05) is 6.04 Å². The van der Waals surface area contributed by atoms with Crippen LogP contribution < -0.4 is 4.72 Å². The Morgan fingerprint density at radius 1 is 1.04 bits per heavy atom. The van der Waals surface area contributed by atoms with E-state index in [1.54, 1.807) is 0 Å². The van der Waals surface area contributed by atoms with Crippen LogP contribution in [0.4, 0.5) is 0 Å². The summed E-state index contributed by atoms with van der Waals surface area (Å²) in [4.78, 5) is 0. The van der Waals surface area contributed by atoms with Crippen LogP contribution in [0, 0.1) is 6.92 Å². The van der Waals surface area contributed by atoms with Gasteiger partial charge in [-0.1, -0.05) is 48.0 Å². The van der Waals surface area contributed by atoms with Gasteiger partial charge in [-0.3, -0.25) is 0 Å². The predicted molar refractivity (Wildman–Crippen MR) is 98.4 cm³/mol. The first-order chi connectivity index (χ1) is 11.4. The average molecular weight is 343 g/mol. The third-order valence-corrected chi connectivity index (χ3v) is 6.09. The molecular weight excluding hydrogens is 318 g/mol. The summed E-state index contributed by atoms with van der Waals surface area (Å²) in [7, 11) is -3.37. The molecule has 4 heteroatoms. The molecule has 0 heterocycles. The lowest BCUT2D eigenvalue weighted by molar-refractivity contribution is 0.565. The lowest BCUT2D eigenvalue weighted by atomic mass is 9.89. The van der Waals surface area contributed by atoms with Crippen molar-refractivity contribution in [3.8, 4) is 0 Å². The molecule has 1 aliphatic carbocycles. The monoisotopic (exact) mass is 343 g/mol. The molecule has 1 N–H and O–H groups in total. The Kier molecular flexibility index (Phi) is 5.07. The van der Waals surface area contributed by atoms with Gasteiger partial charge in [0.25, 0.3) is 0 Å². The number of fused-ring (bicyclic) bond motifs is 1. The first-order valence-corrected chi connectivity index (χ1v) is 10.3. The minimum atomic E-state index is -3.37. The highest BCUT2D eigenvalue weighted by atomic mass is 32.2. The minimum Gasteiger partial charge on any atom is -0.212 e. The molecule has 0 aliphatic heterocycles. The molecule has 0 spiro atoms. The van der Waals surface area contributed by atoms with E-state index in [2.05, 4.69) is 22.9 Å². The van der Waals surface area contributed by atoms with Gasteiger partial charge in [0.2, 0.25) is 10.0 Å². The Bertz CT molecular complexity index is 827. The van der Waals surface area contributed by atoms with Gasteiger partial charge in [-0.25, -0.2) is 13.1 Å². The number of hydrogen-bond donors (Lipinski definition) is 1. The fourth-order valence-electron chi connectivity index (χ4n) is 3.42. The maximum Gasteiger partial charge on any atom is 0.216 e. The maximum absolute atomic E-state index is 12.5. The summed E-state index contributed by atoms with van der Waals surface area (Å²) in [6.45, 7) is 3.89. The van der Waals surface area contributed by atoms with Gasteiger partial charge in [0.1, 0.15) is 0 Å². The highest BCUT2D eigenvalue weighted by molar-refractivity contribution is 7.88. The number of benzene rings is 2. The van der Waals surface area contributed by atoms with Crippen molar-refractivity contribution in [1.29, 1.82) is 0 Å². The maximum atomic E-state index is 12.5. The van der Waals surface area contributed by atoms with Gasteiger partial charge < -0.3 is 0 Å². The van der Waals surface area contributed by atoms with Crippen LogP contribution >= 0.6 is 0 Å². The third kappa shape index (κ3) is 4.25. The van der Waals surface area contributed by atoms with Crippen molar-refractivity contribution in [2.24, 2.45) is 0 Å². The molecule has 0 saturated heterocycles. The second-order valence-electron chi connectivity index (χ2n) is 6.82. The van der Waals surface area contributed by atoms with Gasteiger partial charge >= 0.3 is 0 Å². The molecule has 1 aliphatic rings. The zero-order valence-electron chi connectivity index (χ0n) is 14.4. The first-order valence-electron chi connectivity index (χ1n) is 8.60. The highest BCUT2D eigenvalue weighted by Gasteiger charge is 2.18. The van der Waals surface area contributed by atoms with Gasteiger partial charge in [0.05, 0.1) is 5.75 Å². The minimum absolute atomic E-state index is 0.0178. The Labute approximate surface area is 145 Å². The van der Waals surface area contributed by atoms with Crippen molar-refractivity contribution in [3.05, 3.63) is 70.3 Å². The van der Waals surface area contributed by atoms with E-state index in [9.17, 15) is 8.42 Å². The Morgan fingerprint density at radius 3 is 2.54 bits per heavy atom. The molecule has 0 saturated carbocycles. The van der Waals surface area contributed by atoms with Crippen LogP contribution in [0.25, 0.3) is 0 Å². The normalized spacial score (nSPS) is 15.8. The van der Waals surface area contributed by atoms with Crippen molar-refractivity contribution < 1.29 is 8.42 Å². The predicted octanol–water partition coefficient (Wildman–Crippen LogP) is 4.05. The van der Waals surface area contributed by atoms with E-state index in [1.807, 2.05) is 38.1 Å². The molecule has 0 fully saturated rings. The number of rotatable bonds is 5. The van der Waals surface area contributed by atoms with E-state index in [0.717, 1.165) is 29.5 Å². The van der Waals surface area contributed by atoms with Crippen LogP contribution in [-0.4, -0.2) is 8.42 Å². The zero-order chi connectivity index (χ0) is 17.2. The smallest absolute Gasteiger partial charge is 0.212 e. The molecule has 3 nitrogen and oxygen atoms in total. The molecule has 0 aromatic heterocycles. The molecule has 2 aromatic carbocycles. The lowest BCUT2D eigenvalue weighted by Gasteiger charge is -2.20. The third-order valence-electron chi connectivity index (χ3n) is 4.67. The molecule has 0 radical (unpaired) electrons. The van der Waals surface area contributed by atoms with Crippen LogP contribution in [0.2, 0.25) is 0 Å². The van der Waals surface area contributed by atoms with Crippen LogP contribution in [0.3, 0.4) is 0 Å². The zero-order valence-corrected chi connectivity index (χ0v) is 15.2. The summed E-state index contributed by atoms with van der Waals surface area (Å²) in [6, 6.07) is 13.8. The fourth-order valence-corrected chi connectivity index (χ4v) is 4.80. The Morgan fingerprint density at radius 2 is 1.79 bits per heavy atom. The number of nitrogens with one attached hydrogen (secondary N) is 1. The molecule has 3 rings (SSSR count). The second kappa shape index (κ2) is 7.08. The van der Waals surface area contributed by atoms with Gasteiger partial charge in [-0.15, -0.1) is 0 Å². The fraction of sp³-hybridized carbons (Fsp3) is 0.400. The van der Waals surface area contributed by atoms with Crippen molar-refractivity contribution in [2.75, 3.05) is 0 Å². The van der Waals surface area contributed by atoms with E-state index in [4.69, 9.17) is 0 Å². The van der Waals surface area contributed by atoms with Crippen LogP contribution in [0.5, 0.6) is 0 Å². The number of sulfonamides is 1. The summed E-state index contributed by atoms with van der Waals surface area (Å²) in [6.07, 6.45) is 4.73. The molecule has 24 heavy (non-hydrogen) atoms. The molecule has 0 amide bonds. The second-order valence-corrected chi connectivity index (χ2v) is 8.58. The largest absolute Gasteiger partial charge is 0.216 e. The van der Waals surface area contributed by atoms with Gasteiger partial charge in [-0.2, -0.15) is 0 Å². The average Bonchev–Trinajstić information content (AvgIpc) is 2.53. The van der Waals surface area contributed by atoms with Crippen LogP contribution in [0.15, 0.2) is 42.5 Å². The van der Waals surface area contributed by atoms with Gasteiger partial charge in [-0.05, 0) is 61.8 Å². The van der Waals surface area contributed by atoms with Crippen molar-refractivity contribution in [3.63, 3.8) is 0 Å². The van der Waals surface area contributed by atoms with Crippen molar-refractivity contribution in [2.45, 2.75) is 51.3 Å². The van der Waals surface area contributed by atoms with E-state index >= 15 is 0 Å². The van der Waals surface area contributed by atoms with Crippen LogP contribution in [-0.2, 0) is 28.6 Å². The Balaban J connectivity index is 1.72. The summed E-state index contributed by atoms with van der Waals surface area (Å²) >= 11 is 0. The lowest BCUT2D eigenvalue weighted by Crippen LogP contribution is -2.28. The van der Waals surface area contributed by atoms with E-state index in [1.165, 1.54) is 24.0 Å². The standard InChI is InChI=1S/C20H25NO2S/c1-15-6-5-7-17(12-15)14-24(22,23)21-16(2)19-11-10-18-8-3-4-9-20(18)13-19/h5-7,10-13,16,21H,3-4,8-9,14H2,1-2H3. The quantitative estimate of drug-likeness (QED) is 0.890. The molecule has 1 unspecified atom stereocenters. The summed E-state index contributed by atoms with van der Waals surface area (Å²) in [5.74, 6) is 0.0178. The van der Waals surface area contributed by atoms with Crippen LogP contribution in [0.1, 0.15) is 53.6 Å². The van der Waals surface area contributed by atoms with E-state index < -0.39 is 10.0 Å². The number of hydrogen-bond acceptors (Lipinski definition) is 2. The first kappa shape index (κ1) is 17.2. The molecule has 128 valence electrons. The highest BCUT2D eigenvalue weighted by Crippen LogP contribution is 2.25. The summed E-state index contributed by atoms with van der Waals surface area (Å²) in [5, 5.41) is 0. The van der Waals surface area contributed by atoms with E-state index in [0.29, 0.717) is 0 Å². The molecule has 0 bridgehead atoms.